The molecule has 1 fully saturated rings. The molecule has 2 aromatic rings. The minimum atomic E-state index is -1.93. The molecule has 0 saturated carbocycles. The Kier molecular flexibility index (Phi) is 8.48. The summed E-state index contributed by atoms with van der Waals surface area (Å²) in [5.41, 5.74) is 8.03. The number of ether oxygens (including phenoxy) is 1. The van der Waals surface area contributed by atoms with Crippen LogP contribution >= 0.6 is 0 Å². The van der Waals surface area contributed by atoms with Crippen molar-refractivity contribution in [2.75, 3.05) is 37.0 Å². The van der Waals surface area contributed by atoms with Crippen LogP contribution in [-0.4, -0.2) is 63.0 Å². The fourth-order valence-corrected chi connectivity index (χ4v) is 5.92. The van der Waals surface area contributed by atoms with Crippen LogP contribution in [0.1, 0.15) is 44.2 Å². The number of nitrogens with two attached hydrogens (primary N) is 1. The third-order valence-corrected chi connectivity index (χ3v) is 8.07. The van der Waals surface area contributed by atoms with Crippen molar-refractivity contribution in [1.82, 2.24) is 4.90 Å². The van der Waals surface area contributed by atoms with Crippen LogP contribution in [0.25, 0.3) is 0 Å². The standard InChI is InChI=1S/C28H37N3O5S/c1-27(2,29)25(32)16-22(18-36-17-21-8-4-3-5-9-21)26(33)30-14-12-28(13-15-30)19-31(20-37(34)35)24-11-7-6-10-23(24)28/h3-11,22H,12-20,29H2,1-2H3,(H,34,35)/t22-/m1/s1. The molecule has 4 rings (SSSR count). The van der Waals surface area contributed by atoms with Crippen molar-refractivity contribution in [3.05, 3.63) is 65.7 Å². The Balaban J connectivity index is 1.44. The van der Waals surface area contributed by atoms with Crippen molar-refractivity contribution in [2.24, 2.45) is 11.7 Å². The maximum Gasteiger partial charge on any atom is 0.228 e. The van der Waals surface area contributed by atoms with E-state index >= 15 is 0 Å². The second-order valence-corrected chi connectivity index (χ2v) is 11.7. The molecule has 2 aromatic carbocycles. The molecule has 0 bridgehead atoms. The molecule has 2 aliphatic rings. The number of carbonyl (C=O) groups excluding carboxylic acids is 2. The summed E-state index contributed by atoms with van der Waals surface area (Å²) in [6, 6.07) is 17.8. The summed E-state index contributed by atoms with van der Waals surface area (Å²) in [6.07, 6.45) is 1.54. The van der Waals surface area contributed by atoms with Crippen LogP contribution in [0.3, 0.4) is 0 Å². The van der Waals surface area contributed by atoms with E-state index in [2.05, 4.69) is 6.07 Å². The van der Waals surface area contributed by atoms with Crippen molar-refractivity contribution in [3.8, 4) is 0 Å². The Labute approximate surface area is 221 Å². The first-order valence-corrected chi connectivity index (χ1v) is 14.0. The van der Waals surface area contributed by atoms with Crippen molar-refractivity contribution in [1.29, 1.82) is 0 Å². The summed E-state index contributed by atoms with van der Waals surface area (Å²) >= 11 is -1.93. The molecule has 1 unspecified atom stereocenters. The third-order valence-electron chi connectivity index (χ3n) is 7.54. The molecule has 0 radical (unpaired) electrons. The van der Waals surface area contributed by atoms with Gasteiger partial charge in [0, 0.05) is 37.2 Å². The van der Waals surface area contributed by atoms with Crippen LogP contribution < -0.4 is 10.6 Å². The quantitative estimate of drug-likeness (QED) is 0.457. The van der Waals surface area contributed by atoms with E-state index < -0.39 is 22.5 Å². The number of amides is 1. The SMILES string of the molecule is CC(C)(N)C(=O)C[C@H](COCc1ccccc1)C(=O)N1CCC2(CC1)CN(CS(=O)O)c1ccccc12. The number of rotatable bonds is 10. The predicted octanol–water partition coefficient (Wildman–Crippen LogP) is 3.08. The Morgan fingerprint density at radius 2 is 1.76 bits per heavy atom. The number of hydrogen-bond acceptors (Lipinski definition) is 6. The smallest absolute Gasteiger partial charge is 0.228 e. The number of hydrogen-bond donors (Lipinski definition) is 2. The minimum absolute atomic E-state index is 0.0394. The second-order valence-electron chi connectivity index (χ2n) is 10.8. The zero-order valence-electron chi connectivity index (χ0n) is 21.6. The van der Waals surface area contributed by atoms with Crippen molar-refractivity contribution in [2.45, 2.75) is 50.7 Å². The minimum Gasteiger partial charge on any atom is -0.376 e. The van der Waals surface area contributed by atoms with Gasteiger partial charge in [-0.25, -0.2) is 4.21 Å². The van der Waals surface area contributed by atoms with Gasteiger partial charge >= 0.3 is 0 Å². The number of nitrogens with zero attached hydrogens (tertiary/aromatic N) is 2. The molecule has 9 heteroatoms. The fourth-order valence-electron chi connectivity index (χ4n) is 5.42. The number of piperidine rings is 1. The molecule has 2 aliphatic heterocycles. The van der Waals surface area contributed by atoms with Gasteiger partial charge in [-0.05, 0) is 43.9 Å². The van der Waals surface area contributed by atoms with Gasteiger partial charge in [0.1, 0.15) is 5.88 Å². The van der Waals surface area contributed by atoms with Gasteiger partial charge in [-0.1, -0.05) is 48.5 Å². The normalized spacial score (nSPS) is 18.5. The van der Waals surface area contributed by atoms with Gasteiger partial charge in [0.05, 0.1) is 24.7 Å². The average molecular weight is 528 g/mol. The number of benzene rings is 2. The summed E-state index contributed by atoms with van der Waals surface area (Å²) < 4.78 is 27.0. The lowest BCUT2D eigenvalue weighted by Gasteiger charge is -2.41. The number of Topliss-reactive ketones (excluding diaryl/α,β-unsaturated/α-hetero) is 1. The fraction of sp³-hybridized carbons (Fsp3) is 0.500. The number of para-hydroxylation sites is 1. The summed E-state index contributed by atoms with van der Waals surface area (Å²) in [7, 11) is 0. The molecule has 37 heavy (non-hydrogen) atoms. The molecule has 0 aromatic heterocycles. The molecule has 200 valence electrons. The van der Waals surface area contributed by atoms with E-state index in [0.29, 0.717) is 26.2 Å². The molecule has 2 heterocycles. The van der Waals surface area contributed by atoms with Gasteiger partial charge in [0.2, 0.25) is 5.91 Å². The topological polar surface area (TPSA) is 113 Å². The lowest BCUT2D eigenvalue weighted by molar-refractivity contribution is -0.142. The summed E-state index contributed by atoms with van der Waals surface area (Å²) in [6.45, 7) is 5.61. The lowest BCUT2D eigenvalue weighted by Crippen LogP contribution is -2.50. The first-order valence-electron chi connectivity index (χ1n) is 12.7. The lowest BCUT2D eigenvalue weighted by atomic mass is 9.74. The zero-order valence-corrected chi connectivity index (χ0v) is 22.4. The average Bonchev–Trinajstić information content (AvgIpc) is 3.15. The highest BCUT2D eigenvalue weighted by Crippen LogP contribution is 2.47. The van der Waals surface area contributed by atoms with E-state index in [1.165, 1.54) is 5.56 Å². The molecular formula is C28H37N3O5S. The Bertz CT molecular complexity index is 1130. The maximum absolute atomic E-state index is 13.6. The Morgan fingerprint density at radius 3 is 2.41 bits per heavy atom. The Morgan fingerprint density at radius 1 is 1.11 bits per heavy atom. The van der Waals surface area contributed by atoms with Crippen LogP contribution in [0.4, 0.5) is 5.69 Å². The Hall–Kier alpha value is -2.59. The van der Waals surface area contributed by atoms with Gasteiger partial charge in [0.15, 0.2) is 16.9 Å². The molecule has 3 N–H and O–H groups in total. The van der Waals surface area contributed by atoms with E-state index in [1.807, 2.05) is 58.3 Å². The summed E-state index contributed by atoms with van der Waals surface area (Å²) in [4.78, 5) is 30.2. The highest BCUT2D eigenvalue weighted by atomic mass is 32.2. The van der Waals surface area contributed by atoms with Crippen molar-refractivity contribution >= 4 is 28.5 Å². The number of carbonyl (C=O) groups is 2. The van der Waals surface area contributed by atoms with Gasteiger partial charge in [-0.3, -0.25) is 9.59 Å². The van der Waals surface area contributed by atoms with E-state index in [1.54, 1.807) is 13.8 Å². The van der Waals surface area contributed by atoms with Gasteiger partial charge < -0.3 is 24.8 Å². The van der Waals surface area contributed by atoms with Crippen LogP contribution in [0.2, 0.25) is 0 Å². The van der Waals surface area contributed by atoms with Crippen LogP contribution in [0.5, 0.6) is 0 Å². The molecule has 1 saturated heterocycles. The number of fused-ring (bicyclic) bond motifs is 2. The molecule has 1 amide bonds. The van der Waals surface area contributed by atoms with E-state index in [9.17, 15) is 18.4 Å². The third kappa shape index (κ3) is 6.46. The van der Waals surface area contributed by atoms with Crippen LogP contribution in [0.15, 0.2) is 54.6 Å². The number of anilines is 1. The molecule has 8 nitrogen and oxygen atoms in total. The molecular weight excluding hydrogens is 490 g/mol. The van der Waals surface area contributed by atoms with Crippen LogP contribution in [-0.2, 0) is 37.4 Å². The van der Waals surface area contributed by atoms with Crippen molar-refractivity contribution < 1.29 is 23.1 Å². The summed E-state index contributed by atoms with van der Waals surface area (Å²) in [5, 5.41) is 0. The molecule has 0 aliphatic carbocycles. The van der Waals surface area contributed by atoms with Gasteiger partial charge in [-0.2, -0.15) is 0 Å². The van der Waals surface area contributed by atoms with Crippen LogP contribution in [0, 0.1) is 5.92 Å². The predicted molar refractivity (Wildman–Crippen MR) is 144 cm³/mol. The first-order chi connectivity index (χ1) is 17.6. The zero-order chi connectivity index (χ0) is 26.6. The monoisotopic (exact) mass is 527 g/mol. The highest BCUT2D eigenvalue weighted by molar-refractivity contribution is 7.79. The van der Waals surface area contributed by atoms with Gasteiger partial charge in [0.25, 0.3) is 0 Å². The highest BCUT2D eigenvalue weighted by Gasteiger charge is 2.46. The van der Waals surface area contributed by atoms with Gasteiger partial charge in [-0.15, -0.1) is 0 Å². The maximum atomic E-state index is 13.6. The van der Waals surface area contributed by atoms with Crippen molar-refractivity contribution in [3.63, 3.8) is 0 Å². The molecule has 2 atom stereocenters. The second kappa shape index (κ2) is 11.4. The van der Waals surface area contributed by atoms with E-state index in [-0.39, 0.29) is 36.0 Å². The molecule has 1 spiro atoms. The summed E-state index contributed by atoms with van der Waals surface area (Å²) in [5.74, 6) is -0.781. The van der Waals surface area contributed by atoms with E-state index in [0.717, 1.165) is 24.1 Å². The van der Waals surface area contributed by atoms with E-state index in [4.69, 9.17) is 10.5 Å². The number of ketones is 1. The first kappa shape index (κ1) is 27.4. The number of likely N-dealkylation sites (tertiary alicyclic amines) is 1. The largest absolute Gasteiger partial charge is 0.376 e.